The quantitative estimate of drug-likeness (QED) is 0.741. The maximum absolute atomic E-state index is 12.0. The monoisotopic (exact) mass is 230 g/mol. The van der Waals surface area contributed by atoms with Crippen LogP contribution < -0.4 is 4.74 Å². The van der Waals surface area contributed by atoms with Crippen molar-refractivity contribution in [3.63, 3.8) is 0 Å². The summed E-state index contributed by atoms with van der Waals surface area (Å²) >= 11 is 0. The van der Waals surface area contributed by atoms with Crippen LogP contribution in [0.4, 0.5) is 13.2 Å². The number of carbonyl (C=O) groups is 1. The summed E-state index contributed by atoms with van der Waals surface area (Å²) in [5.41, 5.74) is 1.56. The Bertz CT molecular complexity index is 424. The second-order valence-electron chi connectivity index (χ2n) is 3.69. The van der Waals surface area contributed by atoms with E-state index in [2.05, 4.69) is 4.74 Å². The van der Waals surface area contributed by atoms with Crippen LogP contribution in [0.3, 0.4) is 0 Å². The Hall–Kier alpha value is -1.52. The van der Waals surface area contributed by atoms with Crippen LogP contribution in [0.1, 0.15) is 17.5 Å². The van der Waals surface area contributed by atoms with Crippen LogP contribution in [-0.4, -0.2) is 12.1 Å². The Morgan fingerprint density at radius 2 is 1.88 bits per heavy atom. The normalized spacial score (nSPS) is 15.8. The van der Waals surface area contributed by atoms with Gasteiger partial charge in [0.1, 0.15) is 11.5 Å². The fourth-order valence-corrected chi connectivity index (χ4v) is 1.78. The number of halogens is 3. The number of aryl methyl sites for hydroxylation is 1. The smallest absolute Gasteiger partial charge is 0.406 e. The molecule has 0 aliphatic heterocycles. The molecule has 1 aliphatic carbocycles. The van der Waals surface area contributed by atoms with E-state index in [1.807, 2.05) is 0 Å². The Labute approximate surface area is 90.0 Å². The first-order valence-corrected chi connectivity index (χ1v) is 4.83. The summed E-state index contributed by atoms with van der Waals surface area (Å²) in [5.74, 6) is -0.0995. The summed E-state index contributed by atoms with van der Waals surface area (Å²) in [6.07, 6.45) is -3.48. The molecule has 0 saturated heterocycles. The largest absolute Gasteiger partial charge is 0.573 e. The van der Waals surface area contributed by atoms with Crippen molar-refractivity contribution < 1.29 is 22.7 Å². The summed E-state index contributed by atoms with van der Waals surface area (Å²) in [6.45, 7) is 0. The molecule has 1 aromatic rings. The first kappa shape index (κ1) is 11.0. The van der Waals surface area contributed by atoms with E-state index in [9.17, 15) is 18.0 Å². The molecule has 0 unspecified atom stereocenters. The average Bonchev–Trinajstić information content (AvgIpc) is 2.16. The lowest BCUT2D eigenvalue weighted by molar-refractivity contribution is -0.274. The summed E-state index contributed by atoms with van der Waals surface area (Å²) in [4.78, 5) is 11.1. The third kappa shape index (κ3) is 2.53. The van der Waals surface area contributed by atoms with Crippen molar-refractivity contribution >= 4 is 5.78 Å². The van der Waals surface area contributed by atoms with Crippen LogP contribution in [0.25, 0.3) is 0 Å². The highest BCUT2D eigenvalue weighted by Gasteiger charge is 2.31. The van der Waals surface area contributed by atoms with Crippen molar-refractivity contribution in [2.45, 2.75) is 25.6 Å². The molecule has 0 atom stereocenters. The minimum atomic E-state index is -4.67. The number of hydrogen-bond acceptors (Lipinski definition) is 2. The highest BCUT2D eigenvalue weighted by atomic mass is 19.4. The van der Waals surface area contributed by atoms with Crippen molar-refractivity contribution in [1.29, 1.82) is 0 Å². The van der Waals surface area contributed by atoms with E-state index in [1.54, 1.807) is 0 Å². The first-order chi connectivity index (χ1) is 7.44. The van der Waals surface area contributed by atoms with Crippen LogP contribution in [0, 0.1) is 0 Å². The summed E-state index contributed by atoms with van der Waals surface area (Å²) < 4.78 is 39.7. The predicted molar refractivity (Wildman–Crippen MR) is 50.2 cm³/mol. The van der Waals surface area contributed by atoms with Gasteiger partial charge < -0.3 is 4.74 Å². The molecular formula is C11H9F3O2. The molecule has 1 aliphatic rings. The van der Waals surface area contributed by atoms with Crippen LogP contribution >= 0.6 is 0 Å². The molecule has 0 bridgehead atoms. The molecule has 0 aromatic heterocycles. The number of carbonyl (C=O) groups excluding carboxylic acids is 1. The molecule has 16 heavy (non-hydrogen) atoms. The zero-order chi connectivity index (χ0) is 11.8. The Morgan fingerprint density at radius 3 is 2.56 bits per heavy atom. The van der Waals surface area contributed by atoms with Crippen molar-refractivity contribution in [1.82, 2.24) is 0 Å². The van der Waals surface area contributed by atoms with E-state index >= 15 is 0 Å². The average molecular weight is 230 g/mol. The lowest BCUT2D eigenvalue weighted by Gasteiger charge is -2.16. The molecule has 5 heteroatoms. The predicted octanol–water partition coefficient (Wildman–Crippen LogP) is 2.64. The summed E-state index contributed by atoms with van der Waals surface area (Å²) in [5, 5.41) is 0. The van der Waals surface area contributed by atoms with Gasteiger partial charge in [-0.2, -0.15) is 0 Å². The van der Waals surface area contributed by atoms with Crippen LogP contribution in [0.2, 0.25) is 0 Å². The van der Waals surface area contributed by atoms with Crippen molar-refractivity contribution in [2.75, 3.05) is 0 Å². The number of Topliss-reactive ketones (excluding diaryl/α,β-unsaturated/α-hetero) is 1. The van der Waals surface area contributed by atoms with Crippen LogP contribution in [0.5, 0.6) is 5.75 Å². The van der Waals surface area contributed by atoms with Gasteiger partial charge in [0.25, 0.3) is 0 Å². The molecule has 2 nitrogen and oxygen atoms in total. The Balaban J connectivity index is 2.23. The van der Waals surface area contributed by atoms with E-state index in [4.69, 9.17) is 0 Å². The van der Waals surface area contributed by atoms with Gasteiger partial charge in [-0.3, -0.25) is 4.79 Å². The molecule has 2 rings (SSSR count). The molecule has 0 spiro atoms. The zero-order valence-corrected chi connectivity index (χ0v) is 8.30. The van der Waals surface area contributed by atoms with E-state index in [0.717, 1.165) is 11.1 Å². The minimum Gasteiger partial charge on any atom is -0.406 e. The lowest BCUT2D eigenvalue weighted by atomic mass is 9.91. The standard InChI is InChI=1S/C11H9F3O2/c12-11(13,14)16-10-4-2-7-5-9(15)3-1-8(7)6-10/h2,4,6H,1,3,5H2. The molecule has 0 fully saturated rings. The molecule has 0 amide bonds. The SMILES string of the molecule is O=C1CCc2cc(OC(F)(F)F)ccc2C1. The number of ketones is 1. The number of alkyl halides is 3. The van der Waals surface area contributed by atoms with Gasteiger partial charge in [0.15, 0.2) is 0 Å². The highest BCUT2D eigenvalue weighted by Crippen LogP contribution is 2.27. The van der Waals surface area contributed by atoms with E-state index < -0.39 is 6.36 Å². The van der Waals surface area contributed by atoms with Gasteiger partial charge in [0, 0.05) is 12.8 Å². The van der Waals surface area contributed by atoms with E-state index in [-0.39, 0.29) is 11.5 Å². The minimum absolute atomic E-state index is 0.122. The third-order valence-electron chi connectivity index (χ3n) is 2.47. The number of rotatable bonds is 1. The molecule has 86 valence electrons. The number of benzene rings is 1. The molecule has 0 saturated carbocycles. The van der Waals surface area contributed by atoms with Crippen molar-refractivity contribution in [3.05, 3.63) is 29.3 Å². The topological polar surface area (TPSA) is 26.3 Å². The van der Waals surface area contributed by atoms with E-state index in [0.29, 0.717) is 19.3 Å². The van der Waals surface area contributed by atoms with Gasteiger partial charge >= 0.3 is 6.36 Å². The number of fused-ring (bicyclic) bond motifs is 1. The zero-order valence-electron chi connectivity index (χ0n) is 8.30. The maximum Gasteiger partial charge on any atom is 0.573 e. The molecule has 0 heterocycles. The van der Waals surface area contributed by atoms with Gasteiger partial charge in [0.2, 0.25) is 0 Å². The first-order valence-electron chi connectivity index (χ1n) is 4.83. The van der Waals surface area contributed by atoms with Gasteiger partial charge in [-0.05, 0) is 29.7 Å². The molecule has 0 N–H and O–H groups in total. The molecular weight excluding hydrogens is 221 g/mol. The number of hydrogen-bond donors (Lipinski definition) is 0. The fourth-order valence-electron chi connectivity index (χ4n) is 1.78. The van der Waals surface area contributed by atoms with E-state index in [1.165, 1.54) is 18.2 Å². The van der Waals surface area contributed by atoms with Gasteiger partial charge in [-0.15, -0.1) is 13.2 Å². The van der Waals surface area contributed by atoms with Gasteiger partial charge in [0.05, 0.1) is 0 Å². The van der Waals surface area contributed by atoms with Gasteiger partial charge in [-0.1, -0.05) is 6.07 Å². The van der Waals surface area contributed by atoms with Crippen molar-refractivity contribution in [2.24, 2.45) is 0 Å². The molecule has 1 aromatic carbocycles. The second-order valence-corrected chi connectivity index (χ2v) is 3.69. The Morgan fingerprint density at radius 1 is 1.12 bits per heavy atom. The molecule has 0 radical (unpaired) electrons. The summed E-state index contributed by atoms with van der Waals surface area (Å²) in [7, 11) is 0. The number of ether oxygens (including phenoxy) is 1. The van der Waals surface area contributed by atoms with Crippen molar-refractivity contribution in [3.8, 4) is 5.75 Å². The third-order valence-corrected chi connectivity index (χ3v) is 2.47. The van der Waals surface area contributed by atoms with Crippen LogP contribution in [-0.2, 0) is 17.6 Å². The maximum atomic E-state index is 12.0. The fraction of sp³-hybridized carbons (Fsp3) is 0.364. The lowest BCUT2D eigenvalue weighted by Crippen LogP contribution is -2.18. The van der Waals surface area contributed by atoms with Gasteiger partial charge in [-0.25, -0.2) is 0 Å². The van der Waals surface area contributed by atoms with Crippen LogP contribution in [0.15, 0.2) is 18.2 Å². The highest BCUT2D eigenvalue weighted by molar-refractivity contribution is 5.83. The Kier molecular flexibility index (Phi) is 2.61. The second kappa shape index (κ2) is 3.81. The summed E-state index contributed by atoms with van der Waals surface area (Å²) in [6, 6.07) is 4.12.